The quantitative estimate of drug-likeness (QED) is 0.902. The SMILES string of the molecule is COc1cc2c(c(C(C)CN)c1Cl)OCCO2. The van der Waals surface area contributed by atoms with Crippen molar-refractivity contribution in [1.82, 2.24) is 0 Å². The van der Waals surface area contributed by atoms with Crippen molar-refractivity contribution in [3.8, 4) is 17.2 Å². The van der Waals surface area contributed by atoms with E-state index in [-0.39, 0.29) is 5.92 Å². The number of benzene rings is 1. The first kappa shape index (κ1) is 12.3. The highest BCUT2D eigenvalue weighted by Gasteiger charge is 2.25. The normalized spacial score (nSPS) is 15.5. The maximum absolute atomic E-state index is 6.30. The summed E-state index contributed by atoms with van der Waals surface area (Å²) >= 11 is 6.30. The molecule has 0 bridgehead atoms. The summed E-state index contributed by atoms with van der Waals surface area (Å²) in [4.78, 5) is 0. The Balaban J connectivity index is 2.59. The number of ether oxygens (including phenoxy) is 3. The first-order valence-electron chi connectivity index (χ1n) is 5.55. The van der Waals surface area contributed by atoms with Gasteiger partial charge in [0.2, 0.25) is 0 Å². The van der Waals surface area contributed by atoms with Crippen LogP contribution in [0.15, 0.2) is 6.07 Å². The third-order valence-electron chi connectivity index (χ3n) is 2.84. The standard InChI is InChI=1S/C12H16ClNO3/c1-7(6-14)10-11(13)8(15-2)5-9-12(10)17-4-3-16-9/h5,7H,3-4,6,14H2,1-2H3. The number of hydrogen-bond acceptors (Lipinski definition) is 4. The molecule has 1 aromatic carbocycles. The molecule has 1 heterocycles. The largest absolute Gasteiger partial charge is 0.495 e. The summed E-state index contributed by atoms with van der Waals surface area (Å²) in [6, 6.07) is 1.75. The van der Waals surface area contributed by atoms with Gasteiger partial charge in [0.25, 0.3) is 0 Å². The van der Waals surface area contributed by atoms with Crippen molar-refractivity contribution < 1.29 is 14.2 Å². The van der Waals surface area contributed by atoms with E-state index in [0.29, 0.717) is 42.0 Å². The van der Waals surface area contributed by atoms with E-state index >= 15 is 0 Å². The lowest BCUT2D eigenvalue weighted by Crippen LogP contribution is -2.19. The van der Waals surface area contributed by atoms with Gasteiger partial charge in [0, 0.05) is 11.6 Å². The van der Waals surface area contributed by atoms with Crippen LogP contribution in [0, 0.1) is 0 Å². The predicted molar refractivity (Wildman–Crippen MR) is 66.5 cm³/mol. The van der Waals surface area contributed by atoms with Crippen molar-refractivity contribution in [2.45, 2.75) is 12.8 Å². The van der Waals surface area contributed by atoms with E-state index in [4.69, 9.17) is 31.5 Å². The van der Waals surface area contributed by atoms with Crippen LogP contribution in [0.25, 0.3) is 0 Å². The summed E-state index contributed by atoms with van der Waals surface area (Å²) in [5.41, 5.74) is 6.57. The van der Waals surface area contributed by atoms with Gasteiger partial charge in [0.05, 0.1) is 12.1 Å². The molecule has 1 aromatic rings. The van der Waals surface area contributed by atoms with E-state index in [1.165, 1.54) is 0 Å². The zero-order chi connectivity index (χ0) is 12.4. The molecule has 2 rings (SSSR count). The second-order valence-corrected chi connectivity index (χ2v) is 4.35. The van der Waals surface area contributed by atoms with E-state index in [0.717, 1.165) is 5.56 Å². The smallest absolute Gasteiger partial charge is 0.166 e. The Morgan fingerprint density at radius 1 is 1.47 bits per heavy atom. The van der Waals surface area contributed by atoms with Gasteiger partial charge in [0.1, 0.15) is 19.0 Å². The molecule has 2 N–H and O–H groups in total. The molecule has 0 aliphatic carbocycles. The number of hydrogen-bond donors (Lipinski definition) is 1. The molecule has 0 amide bonds. The van der Waals surface area contributed by atoms with Crippen LogP contribution in [-0.4, -0.2) is 26.9 Å². The van der Waals surface area contributed by atoms with Crippen LogP contribution in [0.5, 0.6) is 17.2 Å². The minimum atomic E-state index is 0.0908. The van der Waals surface area contributed by atoms with Crippen LogP contribution < -0.4 is 19.9 Å². The van der Waals surface area contributed by atoms with Gasteiger partial charge in [0.15, 0.2) is 11.5 Å². The zero-order valence-electron chi connectivity index (χ0n) is 9.96. The van der Waals surface area contributed by atoms with Crippen molar-refractivity contribution in [3.63, 3.8) is 0 Å². The van der Waals surface area contributed by atoms with Crippen molar-refractivity contribution in [2.24, 2.45) is 5.73 Å². The van der Waals surface area contributed by atoms with Crippen LogP contribution >= 0.6 is 11.6 Å². The second kappa shape index (κ2) is 5.02. The minimum Gasteiger partial charge on any atom is -0.495 e. The lowest BCUT2D eigenvalue weighted by Gasteiger charge is -2.25. The highest BCUT2D eigenvalue weighted by molar-refractivity contribution is 6.33. The van der Waals surface area contributed by atoms with Crippen molar-refractivity contribution in [1.29, 1.82) is 0 Å². The van der Waals surface area contributed by atoms with Gasteiger partial charge in [-0.05, 0) is 12.5 Å². The summed E-state index contributed by atoms with van der Waals surface area (Å²) < 4.78 is 16.4. The first-order valence-corrected chi connectivity index (χ1v) is 5.92. The van der Waals surface area contributed by atoms with Crippen LogP contribution in [-0.2, 0) is 0 Å². The Bertz CT molecular complexity index is 423. The van der Waals surface area contributed by atoms with E-state index in [9.17, 15) is 0 Å². The molecule has 1 aliphatic rings. The highest BCUT2D eigenvalue weighted by Crippen LogP contribution is 2.46. The summed E-state index contributed by atoms with van der Waals surface area (Å²) in [5.74, 6) is 2.05. The second-order valence-electron chi connectivity index (χ2n) is 3.97. The van der Waals surface area contributed by atoms with E-state index in [1.807, 2.05) is 6.92 Å². The fourth-order valence-electron chi connectivity index (χ4n) is 1.87. The molecule has 1 aliphatic heterocycles. The predicted octanol–water partition coefficient (Wildman–Crippen LogP) is 2.18. The molecule has 94 valence electrons. The van der Waals surface area contributed by atoms with Crippen LogP contribution in [0.1, 0.15) is 18.4 Å². The van der Waals surface area contributed by atoms with Crippen LogP contribution in [0.4, 0.5) is 0 Å². The maximum Gasteiger partial charge on any atom is 0.166 e. The molecule has 17 heavy (non-hydrogen) atoms. The van der Waals surface area contributed by atoms with E-state index < -0.39 is 0 Å². The molecule has 0 aromatic heterocycles. The summed E-state index contributed by atoms with van der Waals surface area (Å²) in [6.07, 6.45) is 0. The van der Waals surface area contributed by atoms with Gasteiger partial charge in [-0.2, -0.15) is 0 Å². The molecule has 0 fully saturated rings. The molecule has 1 atom stereocenters. The number of nitrogens with two attached hydrogens (primary N) is 1. The van der Waals surface area contributed by atoms with Crippen molar-refractivity contribution in [3.05, 3.63) is 16.7 Å². The number of halogens is 1. The number of rotatable bonds is 3. The van der Waals surface area contributed by atoms with Gasteiger partial charge in [-0.25, -0.2) is 0 Å². The van der Waals surface area contributed by atoms with Gasteiger partial charge in [-0.15, -0.1) is 0 Å². The number of fused-ring (bicyclic) bond motifs is 1. The lowest BCUT2D eigenvalue weighted by atomic mass is 9.99. The molecule has 4 nitrogen and oxygen atoms in total. The van der Waals surface area contributed by atoms with Crippen LogP contribution in [0.2, 0.25) is 5.02 Å². The molecule has 0 spiro atoms. The molecule has 5 heteroatoms. The molecule has 1 unspecified atom stereocenters. The molecule has 0 radical (unpaired) electrons. The Morgan fingerprint density at radius 2 is 2.18 bits per heavy atom. The first-order chi connectivity index (χ1) is 8.19. The van der Waals surface area contributed by atoms with Gasteiger partial charge in [-0.3, -0.25) is 0 Å². The molecular weight excluding hydrogens is 242 g/mol. The Morgan fingerprint density at radius 3 is 2.82 bits per heavy atom. The minimum absolute atomic E-state index is 0.0908. The molecule has 0 saturated carbocycles. The molecular formula is C12H16ClNO3. The summed E-state index contributed by atoms with van der Waals surface area (Å²) in [7, 11) is 1.58. The van der Waals surface area contributed by atoms with Gasteiger partial charge >= 0.3 is 0 Å². The average Bonchev–Trinajstić information content (AvgIpc) is 2.37. The summed E-state index contributed by atoms with van der Waals surface area (Å²) in [6.45, 7) is 3.55. The third-order valence-corrected chi connectivity index (χ3v) is 3.23. The highest BCUT2D eigenvalue weighted by atomic mass is 35.5. The fourth-order valence-corrected chi connectivity index (χ4v) is 2.27. The Kier molecular flexibility index (Phi) is 3.64. The molecule has 0 saturated heterocycles. The Hall–Kier alpha value is -1.13. The van der Waals surface area contributed by atoms with Crippen molar-refractivity contribution in [2.75, 3.05) is 26.9 Å². The van der Waals surface area contributed by atoms with E-state index in [1.54, 1.807) is 13.2 Å². The third kappa shape index (κ3) is 2.15. The number of methoxy groups -OCH3 is 1. The zero-order valence-corrected chi connectivity index (χ0v) is 10.7. The van der Waals surface area contributed by atoms with Crippen LogP contribution in [0.3, 0.4) is 0 Å². The fraction of sp³-hybridized carbons (Fsp3) is 0.500. The van der Waals surface area contributed by atoms with Crippen molar-refractivity contribution >= 4 is 11.6 Å². The Labute approximate surface area is 106 Å². The van der Waals surface area contributed by atoms with Gasteiger partial charge in [-0.1, -0.05) is 18.5 Å². The lowest BCUT2D eigenvalue weighted by molar-refractivity contribution is 0.168. The van der Waals surface area contributed by atoms with Gasteiger partial charge < -0.3 is 19.9 Å². The average molecular weight is 258 g/mol. The monoisotopic (exact) mass is 257 g/mol. The summed E-state index contributed by atoms with van der Waals surface area (Å²) in [5, 5.41) is 0.551. The topological polar surface area (TPSA) is 53.7 Å². The maximum atomic E-state index is 6.30. The van der Waals surface area contributed by atoms with E-state index in [2.05, 4.69) is 0 Å².